The van der Waals surface area contributed by atoms with Gasteiger partial charge in [0.1, 0.15) is 11.6 Å². The highest BCUT2D eigenvalue weighted by atomic mass is 32.2. The Labute approximate surface area is 193 Å². The molecular weight excluding hydrogens is 445 g/mol. The molecule has 2 aromatic carbocycles. The summed E-state index contributed by atoms with van der Waals surface area (Å²) in [5, 5.41) is 13.5. The number of aromatic nitrogens is 3. The molecule has 4 aromatic rings. The molecular formula is C23H20FN5O3S. The van der Waals surface area contributed by atoms with E-state index in [-0.39, 0.29) is 12.3 Å². The monoisotopic (exact) mass is 465 g/mol. The molecule has 0 saturated heterocycles. The number of carbonyl (C=O) groups is 2. The van der Waals surface area contributed by atoms with E-state index in [1.165, 1.54) is 12.3 Å². The molecule has 2 heterocycles. The van der Waals surface area contributed by atoms with Gasteiger partial charge in [0, 0.05) is 5.69 Å². The molecule has 0 spiro atoms. The molecule has 4 rings (SSSR count). The van der Waals surface area contributed by atoms with Crippen molar-refractivity contribution >= 4 is 23.7 Å². The van der Waals surface area contributed by atoms with Gasteiger partial charge in [0.2, 0.25) is 5.91 Å². The second-order valence-corrected chi connectivity index (χ2v) is 8.00. The zero-order valence-corrected chi connectivity index (χ0v) is 18.4. The minimum Gasteiger partial charge on any atom is -0.467 e. The second-order valence-electron chi connectivity index (χ2n) is 7.06. The van der Waals surface area contributed by atoms with Crippen LogP contribution in [0.25, 0.3) is 17.1 Å². The number of carbonyl (C=O) groups excluding carboxylic acids is 2. The Hall–Kier alpha value is -3.92. The van der Waals surface area contributed by atoms with Gasteiger partial charge in [0.25, 0.3) is 0 Å². The van der Waals surface area contributed by atoms with Gasteiger partial charge in [-0.1, -0.05) is 41.6 Å². The fraction of sp³-hybridized carbons (Fsp3) is 0.130. The smallest absolute Gasteiger partial charge is 0.321 e. The average molecular weight is 466 g/mol. The van der Waals surface area contributed by atoms with Gasteiger partial charge in [-0.2, -0.15) is 0 Å². The largest absolute Gasteiger partial charge is 0.467 e. The number of amides is 3. The van der Waals surface area contributed by atoms with E-state index in [4.69, 9.17) is 4.42 Å². The first-order valence-corrected chi connectivity index (χ1v) is 11.0. The van der Waals surface area contributed by atoms with Gasteiger partial charge in [-0.05, 0) is 43.3 Å². The van der Waals surface area contributed by atoms with Gasteiger partial charge < -0.3 is 9.73 Å². The molecule has 0 fully saturated rings. The number of urea groups is 1. The van der Waals surface area contributed by atoms with Crippen LogP contribution < -0.4 is 10.6 Å². The van der Waals surface area contributed by atoms with Crippen molar-refractivity contribution < 1.29 is 18.4 Å². The molecule has 8 nitrogen and oxygen atoms in total. The molecule has 2 aromatic heterocycles. The number of nitrogens with one attached hydrogen (secondary N) is 2. The minimum absolute atomic E-state index is 0.0879. The standard InChI is InChI=1S/C23H20FN5O3S/c1-15-8-10-16(11-9-15)29-21(18-6-2-3-7-19(18)24)27-28-23(29)33-14-20(30)26-22(31)25-13-17-5-4-12-32-17/h2-12H,13-14H2,1H3,(H2,25,26,30,31). The third kappa shape index (κ3) is 5.47. The first kappa shape index (κ1) is 22.3. The van der Waals surface area contributed by atoms with Crippen LogP contribution in [0.1, 0.15) is 11.3 Å². The molecule has 3 amide bonds. The Morgan fingerprint density at radius 1 is 1.06 bits per heavy atom. The Morgan fingerprint density at radius 3 is 2.58 bits per heavy atom. The number of aryl methyl sites for hydroxylation is 1. The van der Waals surface area contributed by atoms with Crippen LogP contribution in [0, 0.1) is 12.7 Å². The molecule has 0 aliphatic rings. The molecule has 168 valence electrons. The predicted octanol–water partition coefficient (Wildman–Crippen LogP) is 4.09. The number of nitrogens with zero attached hydrogens (tertiary/aromatic N) is 3. The quantitative estimate of drug-likeness (QED) is 0.399. The van der Waals surface area contributed by atoms with Crippen molar-refractivity contribution in [2.45, 2.75) is 18.6 Å². The number of furan rings is 1. The summed E-state index contributed by atoms with van der Waals surface area (Å²) in [5.74, 6) is -0.145. The number of thioether (sulfide) groups is 1. The van der Waals surface area contributed by atoms with Gasteiger partial charge in [-0.3, -0.25) is 14.7 Å². The highest BCUT2D eigenvalue weighted by Gasteiger charge is 2.20. The van der Waals surface area contributed by atoms with Crippen molar-refractivity contribution in [1.29, 1.82) is 0 Å². The van der Waals surface area contributed by atoms with Crippen LogP contribution in [0.5, 0.6) is 0 Å². The van der Waals surface area contributed by atoms with Crippen LogP contribution in [-0.4, -0.2) is 32.5 Å². The normalized spacial score (nSPS) is 10.7. The molecule has 33 heavy (non-hydrogen) atoms. The average Bonchev–Trinajstić information content (AvgIpc) is 3.47. The van der Waals surface area contributed by atoms with Gasteiger partial charge in [-0.15, -0.1) is 10.2 Å². The van der Waals surface area contributed by atoms with E-state index in [0.29, 0.717) is 22.3 Å². The number of halogens is 1. The highest BCUT2D eigenvalue weighted by Crippen LogP contribution is 2.29. The lowest BCUT2D eigenvalue weighted by molar-refractivity contribution is -0.117. The van der Waals surface area contributed by atoms with E-state index < -0.39 is 17.8 Å². The lowest BCUT2D eigenvalue weighted by Crippen LogP contribution is -2.39. The van der Waals surface area contributed by atoms with Crippen molar-refractivity contribution in [3.63, 3.8) is 0 Å². The molecule has 0 saturated carbocycles. The summed E-state index contributed by atoms with van der Waals surface area (Å²) in [6, 6.07) is 16.7. The lowest BCUT2D eigenvalue weighted by Gasteiger charge is -2.11. The number of rotatable bonds is 7. The zero-order valence-electron chi connectivity index (χ0n) is 17.6. The maximum Gasteiger partial charge on any atom is 0.321 e. The predicted molar refractivity (Wildman–Crippen MR) is 121 cm³/mol. The molecule has 0 aliphatic heterocycles. The maximum absolute atomic E-state index is 14.5. The Morgan fingerprint density at radius 2 is 1.85 bits per heavy atom. The second kappa shape index (κ2) is 10.1. The Balaban J connectivity index is 1.49. The van der Waals surface area contributed by atoms with E-state index in [2.05, 4.69) is 20.8 Å². The third-order valence-electron chi connectivity index (χ3n) is 4.63. The molecule has 0 atom stereocenters. The highest BCUT2D eigenvalue weighted by molar-refractivity contribution is 7.99. The Bertz CT molecular complexity index is 1260. The number of hydrogen-bond donors (Lipinski definition) is 2. The SMILES string of the molecule is Cc1ccc(-n2c(SCC(=O)NC(=O)NCc3ccco3)nnc2-c2ccccc2F)cc1. The van der Waals surface area contributed by atoms with E-state index in [1.54, 1.807) is 34.9 Å². The van der Waals surface area contributed by atoms with Gasteiger partial charge in [0.05, 0.1) is 24.1 Å². The lowest BCUT2D eigenvalue weighted by atomic mass is 10.2. The van der Waals surface area contributed by atoms with Crippen LogP contribution in [0.3, 0.4) is 0 Å². The molecule has 0 bridgehead atoms. The first-order chi connectivity index (χ1) is 16.0. The molecule has 10 heteroatoms. The topological polar surface area (TPSA) is 102 Å². The fourth-order valence-corrected chi connectivity index (χ4v) is 3.78. The summed E-state index contributed by atoms with van der Waals surface area (Å²) in [5.41, 5.74) is 2.08. The molecule has 0 unspecified atom stereocenters. The van der Waals surface area contributed by atoms with Crippen LogP contribution >= 0.6 is 11.8 Å². The van der Waals surface area contributed by atoms with Gasteiger partial charge in [0.15, 0.2) is 11.0 Å². The van der Waals surface area contributed by atoms with E-state index in [0.717, 1.165) is 23.0 Å². The summed E-state index contributed by atoms with van der Waals surface area (Å²) in [7, 11) is 0. The van der Waals surface area contributed by atoms with Crippen LogP contribution in [0.4, 0.5) is 9.18 Å². The number of benzene rings is 2. The minimum atomic E-state index is -0.635. The number of imide groups is 1. The number of hydrogen-bond acceptors (Lipinski definition) is 6. The third-order valence-corrected chi connectivity index (χ3v) is 5.56. The molecule has 2 N–H and O–H groups in total. The summed E-state index contributed by atoms with van der Waals surface area (Å²) in [6.07, 6.45) is 1.50. The van der Waals surface area contributed by atoms with Crippen molar-refractivity contribution in [2.24, 2.45) is 0 Å². The van der Waals surface area contributed by atoms with E-state index in [9.17, 15) is 14.0 Å². The van der Waals surface area contributed by atoms with E-state index >= 15 is 0 Å². The van der Waals surface area contributed by atoms with Crippen LogP contribution in [-0.2, 0) is 11.3 Å². The van der Waals surface area contributed by atoms with Gasteiger partial charge in [-0.25, -0.2) is 9.18 Å². The summed E-state index contributed by atoms with van der Waals surface area (Å²) in [6.45, 7) is 2.12. The van der Waals surface area contributed by atoms with Crippen molar-refractivity contribution in [3.8, 4) is 17.1 Å². The molecule has 0 aliphatic carbocycles. The van der Waals surface area contributed by atoms with Gasteiger partial charge >= 0.3 is 6.03 Å². The summed E-state index contributed by atoms with van der Waals surface area (Å²) in [4.78, 5) is 24.2. The summed E-state index contributed by atoms with van der Waals surface area (Å²) < 4.78 is 21.3. The van der Waals surface area contributed by atoms with Crippen molar-refractivity contribution in [3.05, 3.63) is 84.1 Å². The van der Waals surface area contributed by atoms with Crippen molar-refractivity contribution in [2.75, 3.05) is 5.75 Å². The van der Waals surface area contributed by atoms with Crippen LogP contribution in [0.2, 0.25) is 0 Å². The van der Waals surface area contributed by atoms with Crippen molar-refractivity contribution in [1.82, 2.24) is 25.4 Å². The Kier molecular flexibility index (Phi) is 6.84. The molecule has 0 radical (unpaired) electrons. The van der Waals surface area contributed by atoms with Crippen LogP contribution in [0.15, 0.2) is 76.5 Å². The summed E-state index contributed by atoms with van der Waals surface area (Å²) >= 11 is 1.09. The van der Waals surface area contributed by atoms with E-state index in [1.807, 2.05) is 31.2 Å². The fourth-order valence-electron chi connectivity index (χ4n) is 3.02. The maximum atomic E-state index is 14.5. The first-order valence-electron chi connectivity index (χ1n) is 10.0. The zero-order chi connectivity index (χ0) is 23.2.